The molecule has 1 aliphatic heterocycles. The van der Waals surface area contributed by atoms with Crippen LogP contribution in [0.5, 0.6) is 0 Å². The van der Waals surface area contributed by atoms with Crippen molar-refractivity contribution >= 4 is 12.1 Å². The number of ether oxygens (including phenoxy) is 2. The molecule has 2 aromatic rings. The molecular weight excluding hydrogens is 416 g/mol. The highest BCUT2D eigenvalue weighted by molar-refractivity contribution is 5.83. The summed E-state index contributed by atoms with van der Waals surface area (Å²) in [6.07, 6.45) is -0.237. The van der Waals surface area contributed by atoms with E-state index in [1.807, 2.05) is 46.8 Å². The first-order valence-corrected chi connectivity index (χ1v) is 11.5. The molecule has 0 spiro atoms. The zero-order chi connectivity index (χ0) is 24.2. The van der Waals surface area contributed by atoms with Crippen molar-refractivity contribution in [2.75, 3.05) is 33.3 Å². The standard InChI is InChI=1S/C27H36N2O4/c1-26(2,3)33-25(31)29-15-13-28(14-16-29)19-20-9-7-10-21(17-20)22-11-8-12-23(18-22)27(4,5)24(30)32-6/h7-12,17-18H,13-16,19H2,1-6H3. The fraction of sp³-hybridized carbons (Fsp3) is 0.481. The maximum Gasteiger partial charge on any atom is 0.410 e. The zero-order valence-corrected chi connectivity index (χ0v) is 20.7. The van der Waals surface area contributed by atoms with Gasteiger partial charge in [0.1, 0.15) is 5.60 Å². The van der Waals surface area contributed by atoms with Crippen molar-refractivity contribution in [3.63, 3.8) is 0 Å². The van der Waals surface area contributed by atoms with Gasteiger partial charge in [-0.3, -0.25) is 9.69 Å². The SMILES string of the molecule is COC(=O)C(C)(C)c1cccc(-c2cccc(CN3CCN(C(=O)OC(C)(C)C)CC3)c2)c1. The normalized spacial score (nSPS) is 15.3. The van der Waals surface area contributed by atoms with E-state index in [0.717, 1.165) is 36.3 Å². The summed E-state index contributed by atoms with van der Waals surface area (Å²) in [5.41, 5.74) is 3.14. The summed E-state index contributed by atoms with van der Waals surface area (Å²) in [5, 5.41) is 0. The molecule has 0 aromatic heterocycles. The van der Waals surface area contributed by atoms with Crippen LogP contribution in [0.1, 0.15) is 45.7 Å². The lowest BCUT2D eigenvalue weighted by atomic mass is 9.83. The van der Waals surface area contributed by atoms with Gasteiger partial charge >= 0.3 is 12.1 Å². The van der Waals surface area contributed by atoms with E-state index in [4.69, 9.17) is 9.47 Å². The summed E-state index contributed by atoms with van der Waals surface area (Å²) in [5.74, 6) is -0.251. The number of hydrogen-bond acceptors (Lipinski definition) is 5. The number of carbonyl (C=O) groups excluding carboxylic acids is 2. The number of hydrogen-bond donors (Lipinski definition) is 0. The molecule has 0 bridgehead atoms. The Hall–Kier alpha value is -2.86. The van der Waals surface area contributed by atoms with Gasteiger partial charge in [-0.05, 0) is 62.9 Å². The number of benzene rings is 2. The van der Waals surface area contributed by atoms with Crippen LogP contribution in [-0.2, 0) is 26.2 Å². The predicted octanol–water partition coefficient (Wildman–Crippen LogP) is 4.86. The minimum absolute atomic E-state index is 0.237. The number of nitrogens with zero attached hydrogens (tertiary/aromatic N) is 2. The van der Waals surface area contributed by atoms with Crippen LogP contribution < -0.4 is 0 Å². The van der Waals surface area contributed by atoms with E-state index in [-0.39, 0.29) is 12.1 Å². The summed E-state index contributed by atoms with van der Waals surface area (Å²) < 4.78 is 10.5. The van der Waals surface area contributed by atoms with Gasteiger partial charge in [-0.25, -0.2) is 4.79 Å². The average molecular weight is 453 g/mol. The van der Waals surface area contributed by atoms with E-state index in [2.05, 4.69) is 41.3 Å². The molecular formula is C27H36N2O4. The quantitative estimate of drug-likeness (QED) is 0.607. The van der Waals surface area contributed by atoms with Gasteiger partial charge in [0, 0.05) is 32.7 Å². The van der Waals surface area contributed by atoms with Crippen molar-refractivity contribution in [1.29, 1.82) is 0 Å². The predicted molar refractivity (Wildman–Crippen MR) is 130 cm³/mol. The number of amides is 1. The number of rotatable bonds is 5. The minimum atomic E-state index is -0.712. The Bertz CT molecular complexity index is 986. The molecule has 0 saturated carbocycles. The van der Waals surface area contributed by atoms with Crippen LogP contribution in [0.3, 0.4) is 0 Å². The molecule has 1 fully saturated rings. The molecule has 0 atom stereocenters. The Morgan fingerprint density at radius 1 is 0.879 bits per heavy atom. The second kappa shape index (κ2) is 9.96. The number of esters is 1. The van der Waals surface area contributed by atoms with Gasteiger partial charge in [-0.15, -0.1) is 0 Å². The summed E-state index contributed by atoms with van der Waals surface area (Å²) in [4.78, 5) is 28.7. The largest absolute Gasteiger partial charge is 0.468 e. The van der Waals surface area contributed by atoms with Crippen LogP contribution in [-0.4, -0.2) is 60.8 Å². The maximum absolute atomic E-state index is 12.3. The zero-order valence-electron chi connectivity index (χ0n) is 20.7. The first kappa shape index (κ1) is 24.8. The van der Waals surface area contributed by atoms with Crippen LogP contribution >= 0.6 is 0 Å². The van der Waals surface area contributed by atoms with E-state index >= 15 is 0 Å². The summed E-state index contributed by atoms with van der Waals surface area (Å²) in [6, 6.07) is 16.6. The molecule has 3 rings (SSSR count). The Labute approximate surface area is 197 Å². The first-order chi connectivity index (χ1) is 15.5. The molecule has 1 amide bonds. The Balaban J connectivity index is 1.66. The molecule has 0 aliphatic carbocycles. The number of methoxy groups -OCH3 is 1. The summed E-state index contributed by atoms with van der Waals surface area (Å²) >= 11 is 0. The first-order valence-electron chi connectivity index (χ1n) is 11.5. The third-order valence-electron chi connectivity index (χ3n) is 5.97. The molecule has 2 aromatic carbocycles. The highest BCUT2D eigenvalue weighted by Gasteiger charge is 2.31. The van der Waals surface area contributed by atoms with E-state index in [1.54, 1.807) is 4.90 Å². The van der Waals surface area contributed by atoms with Crippen molar-refractivity contribution in [1.82, 2.24) is 9.80 Å². The lowest BCUT2D eigenvalue weighted by Gasteiger charge is -2.35. The summed E-state index contributed by atoms with van der Waals surface area (Å²) in [7, 11) is 1.42. The fourth-order valence-electron chi connectivity index (χ4n) is 3.98. The third kappa shape index (κ3) is 6.35. The van der Waals surface area contributed by atoms with Gasteiger partial charge in [0.25, 0.3) is 0 Å². The average Bonchev–Trinajstić information content (AvgIpc) is 2.78. The third-order valence-corrected chi connectivity index (χ3v) is 5.97. The van der Waals surface area contributed by atoms with Gasteiger partial charge in [-0.1, -0.05) is 42.5 Å². The highest BCUT2D eigenvalue weighted by Crippen LogP contribution is 2.29. The Kier molecular flexibility index (Phi) is 7.48. The van der Waals surface area contributed by atoms with Crippen molar-refractivity contribution in [2.45, 2.75) is 52.2 Å². The Morgan fingerprint density at radius 2 is 1.48 bits per heavy atom. The van der Waals surface area contributed by atoms with Crippen molar-refractivity contribution in [2.24, 2.45) is 0 Å². The molecule has 0 N–H and O–H groups in total. The number of piperazine rings is 1. The number of carbonyl (C=O) groups is 2. The van der Waals surface area contributed by atoms with Gasteiger partial charge in [0.15, 0.2) is 0 Å². The molecule has 1 heterocycles. The molecule has 0 unspecified atom stereocenters. The van der Waals surface area contributed by atoms with E-state index in [0.29, 0.717) is 13.1 Å². The van der Waals surface area contributed by atoms with Crippen molar-refractivity contribution < 1.29 is 19.1 Å². The van der Waals surface area contributed by atoms with E-state index < -0.39 is 11.0 Å². The highest BCUT2D eigenvalue weighted by atomic mass is 16.6. The molecule has 178 valence electrons. The Morgan fingerprint density at radius 3 is 2.09 bits per heavy atom. The molecule has 1 saturated heterocycles. The molecule has 1 aliphatic rings. The van der Waals surface area contributed by atoms with Crippen LogP contribution in [0.2, 0.25) is 0 Å². The molecule has 6 heteroatoms. The fourth-order valence-corrected chi connectivity index (χ4v) is 3.98. The maximum atomic E-state index is 12.3. The lowest BCUT2D eigenvalue weighted by Crippen LogP contribution is -2.49. The minimum Gasteiger partial charge on any atom is -0.468 e. The van der Waals surface area contributed by atoms with Gasteiger partial charge < -0.3 is 14.4 Å². The van der Waals surface area contributed by atoms with Gasteiger partial charge in [0.05, 0.1) is 12.5 Å². The lowest BCUT2D eigenvalue weighted by molar-refractivity contribution is -0.146. The van der Waals surface area contributed by atoms with E-state index in [9.17, 15) is 9.59 Å². The van der Waals surface area contributed by atoms with Gasteiger partial charge in [0.2, 0.25) is 0 Å². The second-order valence-corrected chi connectivity index (χ2v) is 10.1. The summed E-state index contributed by atoms with van der Waals surface area (Å²) in [6.45, 7) is 13.2. The van der Waals surface area contributed by atoms with Crippen molar-refractivity contribution in [3.05, 3.63) is 59.7 Å². The second-order valence-electron chi connectivity index (χ2n) is 10.1. The topological polar surface area (TPSA) is 59.1 Å². The molecule has 0 radical (unpaired) electrons. The van der Waals surface area contributed by atoms with Crippen LogP contribution in [0.25, 0.3) is 11.1 Å². The van der Waals surface area contributed by atoms with E-state index in [1.165, 1.54) is 12.7 Å². The van der Waals surface area contributed by atoms with Crippen LogP contribution in [0, 0.1) is 0 Å². The van der Waals surface area contributed by atoms with Crippen LogP contribution in [0.4, 0.5) is 4.79 Å². The monoisotopic (exact) mass is 452 g/mol. The van der Waals surface area contributed by atoms with Crippen molar-refractivity contribution in [3.8, 4) is 11.1 Å². The molecule has 33 heavy (non-hydrogen) atoms. The smallest absolute Gasteiger partial charge is 0.410 e. The van der Waals surface area contributed by atoms with Gasteiger partial charge in [-0.2, -0.15) is 0 Å². The molecule has 6 nitrogen and oxygen atoms in total. The van der Waals surface area contributed by atoms with Crippen LogP contribution in [0.15, 0.2) is 48.5 Å².